The second-order valence-electron chi connectivity index (χ2n) is 3.88. The molecule has 0 radical (unpaired) electrons. The molecule has 4 amide bonds. The number of unbranched alkanes of at least 4 members (excludes halogenated alkanes) is 1. The number of carbonyl (C=O) groups excluding carboxylic acids is 4. The van der Waals surface area contributed by atoms with Crippen LogP contribution in [0.5, 0.6) is 0 Å². The van der Waals surface area contributed by atoms with Crippen LogP contribution in [0, 0.1) is 0 Å². The van der Waals surface area contributed by atoms with Crippen molar-refractivity contribution in [2.75, 3.05) is 13.2 Å². The van der Waals surface area contributed by atoms with Crippen LogP contribution < -0.4 is 10.6 Å². The summed E-state index contributed by atoms with van der Waals surface area (Å²) in [7, 11) is 0. The highest BCUT2D eigenvalue weighted by atomic mass is 19.4. The number of alkyl carbamates (subject to hydrolysis) is 2. The Bertz CT molecular complexity index is 445. The van der Waals surface area contributed by atoms with Crippen molar-refractivity contribution in [3.05, 3.63) is 0 Å². The van der Waals surface area contributed by atoms with Gasteiger partial charge in [0.1, 0.15) is 0 Å². The SMILES string of the molecule is O=C(NC(=O)C(F)(F)F)OCCCCOC(=O)NC(=O)C(F)(F)F. The second kappa shape index (κ2) is 8.93. The Kier molecular flexibility index (Phi) is 7.98. The minimum absolute atomic E-state index is 0.0475. The van der Waals surface area contributed by atoms with Crippen LogP contribution in [0.1, 0.15) is 12.8 Å². The average molecular weight is 368 g/mol. The molecule has 0 rings (SSSR count). The summed E-state index contributed by atoms with van der Waals surface area (Å²) in [4.78, 5) is 42.2. The van der Waals surface area contributed by atoms with E-state index >= 15 is 0 Å². The van der Waals surface area contributed by atoms with Crippen molar-refractivity contribution < 1.29 is 55.0 Å². The lowest BCUT2D eigenvalue weighted by Crippen LogP contribution is -2.41. The molecule has 0 fully saturated rings. The third-order valence-electron chi connectivity index (χ3n) is 1.95. The molecular formula is C10H10F6N2O6. The molecule has 0 heterocycles. The van der Waals surface area contributed by atoms with Gasteiger partial charge in [0.15, 0.2) is 0 Å². The van der Waals surface area contributed by atoms with E-state index in [0.29, 0.717) is 0 Å². The van der Waals surface area contributed by atoms with Gasteiger partial charge >= 0.3 is 36.4 Å². The summed E-state index contributed by atoms with van der Waals surface area (Å²) in [5.41, 5.74) is 0. The molecule has 0 unspecified atom stereocenters. The Morgan fingerprint density at radius 3 is 1.21 bits per heavy atom. The van der Waals surface area contributed by atoms with E-state index in [1.807, 2.05) is 0 Å². The van der Waals surface area contributed by atoms with Crippen molar-refractivity contribution in [1.29, 1.82) is 0 Å². The number of halogens is 6. The molecule has 2 N–H and O–H groups in total. The fourth-order valence-electron chi connectivity index (χ4n) is 0.933. The van der Waals surface area contributed by atoms with Gasteiger partial charge in [-0.2, -0.15) is 26.3 Å². The molecule has 0 atom stereocenters. The van der Waals surface area contributed by atoms with E-state index in [-0.39, 0.29) is 12.8 Å². The molecule has 0 aromatic rings. The number of nitrogens with one attached hydrogen (secondary N) is 2. The number of amides is 4. The topological polar surface area (TPSA) is 111 Å². The number of carbonyl (C=O) groups is 4. The van der Waals surface area contributed by atoms with Crippen molar-refractivity contribution in [2.45, 2.75) is 25.2 Å². The molecule has 138 valence electrons. The monoisotopic (exact) mass is 368 g/mol. The van der Waals surface area contributed by atoms with E-state index in [1.165, 1.54) is 0 Å². The maximum absolute atomic E-state index is 11.8. The lowest BCUT2D eigenvalue weighted by Gasteiger charge is -2.09. The van der Waals surface area contributed by atoms with Crippen LogP contribution in [0.4, 0.5) is 35.9 Å². The largest absolute Gasteiger partial charge is 0.471 e. The lowest BCUT2D eigenvalue weighted by atomic mass is 10.3. The van der Waals surface area contributed by atoms with Gasteiger partial charge in [0.2, 0.25) is 0 Å². The first-order valence-electron chi connectivity index (χ1n) is 5.94. The quantitative estimate of drug-likeness (QED) is 0.561. The third-order valence-corrected chi connectivity index (χ3v) is 1.95. The molecule has 0 aromatic carbocycles. The summed E-state index contributed by atoms with van der Waals surface area (Å²) in [6.45, 7) is -0.910. The van der Waals surface area contributed by atoms with Gasteiger partial charge in [-0.25, -0.2) is 9.59 Å². The highest BCUT2D eigenvalue weighted by Gasteiger charge is 2.40. The fourth-order valence-corrected chi connectivity index (χ4v) is 0.933. The summed E-state index contributed by atoms with van der Waals surface area (Å²) in [5.74, 6) is -5.02. The zero-order valence-electron chi connectivity index (χ0n) is 11.5. The van der Waals surface area contributed by atoms with Gasteiger partial charge in [-0.3, -0.25) is 20.2 Å². The minimum atomic E-state index is -5.26. The first kappa shape index (κ1) is 21.5. The molecule has 0 aliphatic rings. The molecule has 0 saturated heterocycles. The van der Waals surface area contributed by atoms with Crippen LogP contribution in [0.15, 0.2) is 0 Å². The maximum Gasteiger partial charge on any atom is 0.471 e. The molecule has 8 nitrogen and oxygen atoms in total. The van der Waals surface area contributed by atoms with Crippen molar-refractivity contribution in [1.82, 2.24) is 10.6 Å². The number of hydrogen-bond donors (Lipinski definition) is 2. The van der Waals surface area contributed by atoms with E-state index < -0.39 is 49.6 Å². The number of ether oxygens (including phenoxy) is 2. The lowest BCUT2D eigenvalue weighted by molar-refractivity contribution is -0.172. The smallest absolute Gasteiger partial charge is 0.449 e. The van der Waals surface area contributed by atoms with Crippen LogP contribution in [0.25, 0.3) is 0 Å². The number of rotatable bonds is 5. The van der Waals surface area contributed by atoms with E-state index in [2.05, 4.69) is 9.47 Å². The fraction of sp³-hybridized carbons (Fsp3) is 0.600. The molecule has 0 bridgehead atoms. The summed E-state index contributed by atoms with van der Waals surface area (Å²) in [6.07, 6.45) is -13.9. The Labute approximate surface area is 129 Å². The van der Waals surface area contributed by atoms with E-state index in [9.17, 15) is 45.5 Å². The van der Waals surface area contributed by atoms with Crippen molar-refractivity contribution in [3.63, 3.8) is 0 Å². The van der Waals surface area contributed by atoms with E-state index in [0.717, 1.165) is 10.6 Å². The third kappa shape index (κ3) is 9.47. The van der Waals surface area contributed by atoms with Crippen LogP contribution in [-0.2, 0) is 19.1 Å². The number of hydrogen-bond acceptors (Lipinski definition) is 6. The minimum Gasteiger partial charge on any atom is -0.449 e. The van der Waals surface area contributed by atoms with Gasteiger partial charge in [-0.1, -0.05) is 0 Å². The zero-order chi connectivity index (χ0) is 19.0. The van der Waals surface area contributed by atoms with Crippen LogP contribution in [-0.4, -0.2) is 49.6 Å². The van der Waals surface area contributed by atoms with Gasteiger partial charge in [-0.15, -0.1) is 0 Å². The Balaban J connectivity index is 3.78. The molecule has 24 heavy (non-hydrogen) atoms. The summed E-state index contributed by atoms with van der Waals surface area (Å²) in [6, 6.07) is 0. The summed E-state index contributed by atoms with van der Waals surface area (Å²) >= 11 is 0. The molecule has 0 aliphatic carbocycles. The van der Waals surface area contributed by atoms with E-state index in [4.69, 9.17) is 0 Å². The summed E-state index contributed by atoms with van der Waals surface area (Å²) in [5, 5.41) is 1.80. The predicted octanol–water partition coefficient (Wildman–Crippen LogP) is 1.40. The standard InChI is InChI=1S/C10H10F6N2O6/c11-9(12,13)5(19)17-7(21)23-3-1-2-4-24-8(22)18-6(20)10(14,15)16/h1-4H2,(H,17,19,21)(H,18,20,22). The molecule has 0 saturated carbocycles. The van der Waals surface area contributed by atoms with Crippen molar-refractivity contribution >= 4 is 24.0 Å². The van der Waals surface area contributed by atoms with Gasteiger partial charge in [0.05, 0.1) is 13.2 Å². The van der Waals surface area contributed by atoms with Gasteiger partial charge in [0, 0.05) is 0 Å². The Hall–Kier alpha value is -2.54. The Morgan fingerprint density at radius 1 is 0.667 bits per heavy atom. The van der Waals surface area contributed by atoms with Crippen LogP contribution >= 0.6 is 0 Å². The summed E-state index contributed by atoms with van der Waals surface area (Å²) < 4.78 is 79.0. The first-order valence-corrected chi connectivity index (χ1v) is 5.94. The Morgan fingerprint density at radius 2 is 0.958 bits per heavy atom. The molecule has 0 aromatic heterocycles. The second-order valence-corrected chi connectivity index (χ2v) is 3.88. The molecule has 14 heteroatoms. The first-order chi connectivity index (χ1) is 10.8. The number of alkyl halides is 6. The maximum atomic E-state index is 11.8. The van der Waals surface area contributed by atoms with Crippen molar-refractivity contribution in [3.8, 4) is 0 Å². The van der Waals surface area contributed by atoms with Crippen LogP contribution in [0.3, 0.4) is 0 Å². The van der Waals surface area contributed by atoms with E-state index in [1.54, 1.807) is 0 Å². The van der Waals surface area contributed by atoms with Crippen molar-refractivity contribution in [2.24, 2.45) is 0 Å². The zero-order valence-corrected chi connectivity index (χ0v) is 11.5. The normalized spacial score (nSPS) is 11.4. The molecule has 0 spiro atoms. The average Bonchev–Trinajstić information content (AvgIpc) is 2.40. The highest BCUT2D eigenvalue weighted by molar-refractivity contribution is 5.95. The highest BCUT2D eigenvalue weighted by Crippen LogP contribution is 2.14. The number of imide groups is 2. The predicted molar refractivity (Wildman–Crippen MR) is 60.3 cm³/mol. The molecular weight excluding hydrogens is 358 g/mol. The van der Waals surface area contributed by atoms with Gasteiger partial charge < -0.3 is 9.47 Å². The van der Waals surface area contributed by atoms with Gasteiger partial charge in [0.25, 0.3) is 0 Å². The van der Waals surface area contributed by atoms with Crippen LogP contribution in [0.2, 0.25) is 0 Å². The molecule has 0 aliphatic heterocycles. The van der Waals surface area contributed by atoms with Gasteiger partial charge in [-0.05, 0) is 12.8 Å².